The molecule has 1 N–H and O–H groups in total. The summed E-state index contributed by atoms with van der Waals surface area (Å²) < 4.78 is 0.838. The first kappa shape index (κ1) is 14.8. The first-order valence-electron chi connectivity index (χ1n) is 5.99. The van der Waals surface area contributed by atoms with Crippen molar-refractivity contribution in [2.24, 2.45) is 0 Å². The normalized spacial score (nSPS) is 10.3. The summed E-state index contributed by atoms with van der Waals surface area (Å²) in [6, 6.07) is 12.2. The summed E-state index contributed by atoms with van der Waals surface area (Å²) >= 11 is 9.43. The maximum atomic E-state index is 10.6. The number of rotatable bonds is 5. The van der Waals surface area contributed by atoms with Crippen molar-refractivity contribution in [3.05, 3.63) is 67.6 Å². The predicted molar refractivity (Wildman–Crippen MR) is 84.4 cm³/mol. The average molecular weight is 356 g/mol. The Morgan fingerprint density at radius 3 is 2.55 bits per heavy atom. The number of halogens is 2. The molecule has 0 bridgehead atoms. The Balaban J connectivity index is 1.92. The van der Waals surface area contributed by atoms with E-state index in [1.807, 2.05) is 18.2 Å². The molecule has 2 aromatic carbocycles. The van der Waals surface area contributed by atoms with Crippen LogP contribution in [0.5, 0.6) is 0 Å². The Hall–Kier alpha value is -1.59. The van der Waals surface area contributed by atoms with Crippen LogP contribution in [0.4, 0.5) is 11.4 Å². The van der Waals surface area contributed by atoms with Crippen LogP contribution in [0.2, 0.25) is 5.02 Å². The highest BCUT2D eigenvalue weighted by atomic mass is 79.9. The van der Waals surface area contributed by atoms with E-state index in [1.54, 1.807) is 12.1 Å². The summed E-state index contributed by atoms with van der Waals surface area (Å²) in [6.07, 6.45) is 0.775. The van der Waals surface area contributed by atoms with Gasteiger partial charge in [0.25, 0.3) is 5.69 Å². The molecule has 4 nitrogen and oxygen atoms in total. The predicted octanol–water partition coefficient (Wildman–Crippen LogP) is 4.67. The second-order valence-corrected chi connectivity index (χ2v) is 5.40. The van der Waals surface area contributed by atoms with Crippen molar-refractivity contribution in [3.63, 3.8) is 0 Å². The van der Waals surface area contributed by atoms with E-state index in [0.717, 1.165) is 28.7 Å². The van der Waals surface area contributed by atoms with Crippen LogP contribution in [0.15, 0.2) is 46.9 Å². The van der Waals surface area contributed by atoms with Gasteiger partial charge < -0.3 is 5.32 Å². The van der Waals surface area contributed by atoms with Crippen molar-refractivity contribution in [3.8, 4) is 0 Å². The summed E-state index contributed by atoms with van der Waals surface area (Å²) in [5, 5.41) is 14.5. The Kier molecular flexibility index (Phi) is 4.98. The van der Waals surface area contributed by atoms with Gasteiger partial charge in [0.05, 0.1) is 14.4 Å². The second kappa shape index (κ2) is 6.72. The van der Waals surface area contributed by atoms with Gasteiger partial charge in [-0.1, -0.05) is 29.8 Å². The molecule has 20 heavy (non-hydrogen) atoms. The molecule has 0 heterocycles. The zero-order valence-electron chi connectivity index (χ0n) is 10.5. The van der Waals surface area contributed by atoms with Crippen LogP contribution in [0, 0.1) is 10.1 Å². The molecular formula is C14H12BrClN2O2. The van der Waals surface area contributed by atoms with Gasteiger partial charge in [0.15, 0.2) is 0 Å². The van der Waals surface area contributed by atoms with E-state index in [-0.39, 0.29) is 5.69 Å². The second-order valence-electron chi connectivity index (χ2n) is 4.20. The van der Waals surface area contributed by atoms with Crippen molar-refractivity contribution in [1.82, 2.24) is 0 Å². The summed E-state index contributed by atoms with van der Waals surface area (Å²) in [5.74, 6) is 0. The van der Waals surface area contributed by atoms with E-state index in [4.69, 9.17) is 11.6 Å². The molecule has 0 radical (unpaired) electrons. The zero-order chi connectivity index (χ0) is 14.5. The Bertz CT molecular complexity index is 617. The standard InChI is InChI=1S/C14H12BrClN2O2/c15-14-12(16)2-1-3-13(14)17-9-8-10-4-6-11(7-5-10)18(19)20/h1-7,17H,8-9H2. The van der Waals surface area contributed by atoms with Gasteiger partial charge in [-0.15, -0.1) is 0 Å². The molecule has 0 unspecified atom stereocenters. The van der Waals surface area contributed by atoms with Crippen LogP contribution in [0.25, 0.3) is 0 Å². The monoisotopic (exact) mass is 354 g/mol. The van der Waals surface area contributed by atoms with Gasteiger partial charge in [-0.2, -0.15) is 0 Å². The third kappa shape index (κ3) is 3.71. The van der Waals surface area contributed by atoms with E-state index in [1.165, 1.54) is 12.1 Å². The lowest BCUT2D eigenvalue weighted by Gasteiger charge is -2.09. The minimum atomic E-state index is -0.398. The third-order valence-corrected chi connectivity index (χ3v) is 4.23. The van der Waals surface area contributed by atoms with Gasteiger partial charge in [-0.05, 0) is 40.0 Å². The van der Waals surface area contributed by atoms with Crippen LogP contribution >= 0.6 is 27.5 Å². The van der Waals surface area contributed by atoms with Crippen molar-refractivity contribution in [2.75, 3.05) is 11.9 Å². The fourth-order valence-electron chi connectivity index (χ4n) is 1.77. The van der Waals surface area contributed by atoms with Crippen LogP contribution in [0.1, 0.15) is 5.56 Å². The van der Waals surface area contributed by atoms with E-state index < -0.39 is 4.92 Å². The van der Waals surface area contributed by atoms with Crippen LogP contribution in [-0.2, 0) is 6.42 Å². The van der Waals surface area contributed by atoms with Crippen molar-refractivity contribution in [1.29, 1.82) is 0 Å². The van der Waals surface area contributed by atoms with Gasteiger partial charge in [0.1, 0.15) is 0 Å². The van der Waals surface area contributed by atoms with Gasteiger partial charge in [0, 0.05) is 24.4 Å². The number of non-ortho nitro benzene ring substituents is 1. The molecule has 0 spiro atoms. The molecule has 0 saturated carbocycles. The Morgan fingerprint density at radius 1 is 1.20 bits per heavy atom. The van der Waals surface area contributed by atoms with Crippen LogP contribution in [0.3, 0.4) is 0 Å². The lowest BCUT2D eigenvalue weighted by atomic mass is 10.1. The maximum Gasteiger partial charge on any atom is 0.269 e. The molecule has 0 aliphatic carbocycles. The number of benzene rings is 2. The Labute approximate surface area is 130 Å². The molecule has 0 atom stereocenters. The van der Waals surface area contributed by atoms with Crippen LogP contribution in [-0.4, -0.2) is 11.5 Å². The van der Waals surface area contributed by atoms with Gasteiger partial charge in [-0.25, -0.2) is 0 Å². The molecule has 104 valence electrons. The fraction of sp³-hybridized carbons (Fsp3) is 0.143. The number of nitrogens with one attached hydrogen (secondary N) is 1. The first-order chi connectivity index (χ1) is 9.58. The largest absolute Gasteiger partial charge is 0.384 e. The highest BCUT2D eigenvalue weighted by molar-refractivity contribution is 9.10. The fourth-order valence-corrected chi connectivity index (χ4v) is 2.35. The summed E-state index contributed by atoms with van der Waals surface area (Å²) in [4.78, 5) is 10.2. The zero-order valence-corrected chi connectivity index (χ0v) is 12.8. The number of nitro benzene ring substituents is 1. The first-order valence-corrected chi connectivity index (χ1v) is 7.16. The molecule has 2 rings (SSSR count). The van der Waals surface area contributed by atoms with Gasteiger partial charge in [-0.3, -0.25) is 10.1 Å². The van der Waals surface area contributed by atoms with Crippen LogP contribution < -0.4 is 5.32 Å². The van der Waals surface area contributed by atoms with Gasteiger partial charge >= 0.3 is 0 Å². The van der Waals surface area contributed by atoms with E-state index >= 15 is 0 Å². The highest BCUT2D eigenvalue weighted by Crippen LogP contribution is 2.29. The lowest BCUT2D eigenvalue weighted by Crippen LogP contribution is -2.05. The SMILES string of the molecule is O=[N+]([O-])c1ccc(CCNc2cccc(Cl)c2Br)cc1. The molecule has 0 aliphatic heterocycles. The van der Waals surface area contributed by atoms with E-state index in [9.17, 15) is 10.1 Å². The molecule has 6 heteroatoms. The molecule has 0 amide bonds. The summed E-state index contributed by atoms with van der Waals surface area (Å²) in [5.41, 5.74) is 2.08. The molecular weight excluding hydrogens is 344 g/mol. The summed E-state index contributed by atoms with van der Waals surface area (Å²) in [6.45, 7) is 0.719. The number of nitrogens with zero attached hydrogens (tertiary/aromatic N) is 1. The number of hydrogen-bond acceptors (Lipinski definition) is 3. The lowest BCUT2D eigenvalue weighted by molar-refractivity contribution is -0.384. The van der Waals surface area contributed by atoms with Gasteiger partial charge in [0.2, 0.25) is 0 Å². The van der Waals surface area contributed by atoms with E-state index in [0.29, 0.717) is 5.02 Å². The third-order valence-electron chi connectivity index (χ3n) is 2.83. The van der Waals surface area contributed by atoms with Crippen molar-refractivity contribution < 1.29 is 4.92 Å². The molecule has 0 aromatic heterocycles. The quantitative estimate of drug-likeness (QED) is 0.626. The molecule has 2 aromatic rings. The molecule has 0 fully saturated rings. The van der Waals surface area contributed by atoms with Crippen molar-refractivity contribution >= 4 is 38.9 Å². The topological polar surface area (TPSA) is 55.2 Å². The minimum Gasteiger partial charge on any atom is -0.384 e. The van der Waals surface area contributed by atoms with Crippen molar-refractivity contribution in [2.45, 2.75) is 6.42 Å². The number of anilines is 1. The number of nitro groups is 1. The Morgan fingerprint density at radius 2 is 1.90 bits per heavy atom. The average Bonchev–Trinajstić information content (AvgIpc) is 2.44. The maximum absolute atomic E-state index is 10.6. The minimum absolute atomic E-state index is 0.110. The number of hydrogen-bond donors (Lipinski definition) is 1. The molecule has 0 saturated heterocycles. The smallest absolute Gasteiger partial charge is 0.269 e. The molecule has 0 aliphatic rings. The highest BCUT2D eigenvalue weighted by Gasteiger charge is 2.05. The summed E-state index contributed by atoms with van der Waals surface area (Å²) in [7, 11) is 0. The van der Waals surface area contributed by atoms with E-state index in [2.05, 4.69) is 21.2 Å².